The molecule has 0 bridgehead atoms. The lowest BCUT2D eigenvalue weighted by molar-refractivity contribution is 0.0650. The smallest absolute Gasteiger partial charge is 0.257 e. The highest BCUT2D eigenvalue weighted by molar-refractivity contribution is 5.94. The highest BCUT2D eigenvalue weighted by Gasteiger charge is 2.26. The zero-order valence-electron chi connectivity index (χ0n) is 9.95. The summed E-state index contributed by atoms with van der Waals surface area (Å²) in [7, 11) is 0. The van der Waals surface area contributed by atoms with E-state index in [1.807, 2.05) is 6.92 Å². The molecule has 18 heavy (non-hydrogen) atoms. The van der Waals surface area contributed by atoms with E-state index in [1.54, 1.807) is 4.90 Å². The first-order valence-corrected chi connectivity index (χ1v) is 5.57. The molecule has 1 amide bonds. The van der Waals surface area contributed by atoms with Gasteiger partial charge in [0.05, 0.1) is 5.56 Å². The Morgan fingerprint density at radius 2 is 2.17 bits per heavy atom. The van der Waals surface area contributed by atoms with Crippen molar-refractivity contribution in [2.24, 2.45) is 0 Å². The first-order chi connectivity index (χ1) is 8.11. The second-order valence-corrected chi connectivity index (χ2v) is 4.15. The number of carbonyl (C=O) groups excluding carboxylic acids is 1. The Balaban J connectivity index is 0.00000162. The van der Waals surface area contributed by atoms with Crippen LogP contribution in [-0.4, -0.2) is 36.5 Å². The average molecular weight is 277 g/mol. The highest BCUT2D eigenvalue weighted by atomic mass is 35.5. The van der Waals surface area contributed by atoms with Crippen molar-refractivity contribution in [1.29, 1.82) is 0 Å². The quantitative estimate of drug-likeness (QED) is 0.849. The lowest BCUT2D eigenvalue weighted by Crippen LogP contribution is -2.52. The minimum atomic E-state index is -1.07. The molecule has 1 saturated heterocycles. The number of piperazine rings is 1. The van der Waals surface area contributed by atoms with E-state index in [1.165, 1.54) is 12.1 Å². The molecule has 1 aromatic rings. The molecule has 1 fully saturated rings. The van der Waals surface area contributed by atoms with Crippen molar-refractivity contribution in [3.05, 3.63) is 35.4 Å². The Bertz CT molecular complexity index is 442. The maximum Gasteiger partial charge on any atom is 0.257 e. The molecule has 1 aliphatic heterocycles. The number of nitrogens with one attached hydrogen (secondary N) is 1. The van der Waals surface area contributed by atoms with E-state index >= 15 is 0 Å². The third kappa shape index (κ3) is 2.79. The molecule has 0 saturated carbocycles. The van der Waals surface area contributed by atoms with Crippen LogP contribution in [0.5, 0.6) is 0 Å². The van der Waals surface area contributed by atoms with Gasteiger partial charge in [0.2, 0.25) is 0 Å². The van der Waals surface area contributed by atoms with Crippen LogP contribution in [0.4, 0.5) is 8.78 Å². The van der Waals surface area contributed by atoms with Crippen LogP contribution in [-0.2, 0) is 0 Å². The first-order valence-electron chi connectivity index (χ1n) is 5.57. The van der Waals surface area contributed by atoms with Gasteiger partial charge in [-0.25, -0.2) is 8.78 Å². The fourth-order valence-electron chi connectivity index (χ4n) is 1.97. The molecule has 0 radical (unpaired) electrons. The molecule has 0 aliphatic carbocycles. The maximum absolute atomic E-state index is 13.5. The summed E-state index contributed by atoms with van der Waals surface area (Å²) in [4.78, 5) is 13.6. The number of rotatable bonds is 1. The van der Waals surface area contributed by atoms with Gasteiger partial charge in [-0.15, -0.1) is 12.4 Å². The van der Waals surface area contributed by atoms with Gasteiger partial charge in [0, 0.05) is 25.7 Å². The van der Waals surface area contributed by atoms with Crippen molar-refractivity contribution >= 4 is 18.3 Å². The lowest BCUT2D eigenvalue weighted by Gasteiger charge is -2.34. The normalized spacial score (nSPS) is 19.3. The minimum absolute atomic E-state index is 0. The number of benzene rings is 1. The monoisotopic (exact) mass is 276 g/mol. The Kier molecular flexibility index (Phi) is 5.04. The molecule has 0 unspecified atom stereocenters. The number of halogens is 3. The van der Waals surface area contributed by atoms with Crippen LogP contribution in [0.1, 0.15) is 17.3 Å². The van der Waals surface area contributed by atoms with E-state index < -0.39 is 17.5 Å². The molecule has 3 nitrogen and oxygen atoms in total. The van der Waals surface area contributed by atoms with Crippen molar-refractivity contribution in [2.75, 3.05) is 19.6 Å². The molecule has 0 aromatic heterocycles. The number of hydrogen-bond acceptors (Lipinski definition) is 2. The van der Waals surface area contributed by atoms with Crippen LogP contribution in [0.2, 0.25) is 0 Å². The van der Waals surface area contributed by atoms with Gasteiger partial charge in [0.1, 0.15) is 0 Å². The molecular formula is C12H15ClF2N2O. The van der Waals surface area contributed by atoms with E-state index in [9.17, 15) is 13.6 Å². The molecule has 1 aliphatic rings. The average Bonchev–Trinajstić information content (AvgIpc) is 2.32. The topological polar surface area (TPSA) is 32.3 Å². The standard InChI is InChI=1S/C12H14F2N2O.ClH/c1-8-7-15-5-6-16(8)12(17)9-3-2-4-10(13)11(9)14;/h2-4,8,15H,5-7H2,1H3;1H/t8-;/m0./s1. The van der Waals surface area contributed by atoms with Crippen molar-refractivity contribution in [2.45, 2.75) is 13.0 Å². The van der Waals surface area contributed by atoms with Gasteiger partial charge in [0.25, 0.3) is 5.91 Å². The van der Waals surface area contributed by atoms with Crippen molar-refractivity contribution in [3.8, 4) is 0 Å². The van der Waals surface area contributed by atoms with E-state index in [4.69, 9.17) is 0 Å². The SMILES string of the molecule is C[C@H]1CNCCN1C(=O)c1cccc(F)c1F.Cl. The van der Waals surface area contributed by atoms with Crippen LogP contribution in [0.3, 0.4) is 0 Å². The van der Waals surface area contributed by atoms with E-state index in [-0.39, 0.29) is 24.0 Å². The van der Waals surface area contributed by atoms with Gasteiger partial charge in [-0.05, 0) is 19.1 Å². The predicted molar refractivity (Wildman–Crippen MR) is 67.0 cm³/mol. The molecule has 0 spiro atoms. The van der Waals surface area contributed by atoms with Crippen LogP contribution in [0.15, 0.2) is 18.2 Å². The molecule has 1 N–H and O–H groups in total. The fourth-order valence-corrected chi connectivity index (χ4v) is 1.97. The van der Waals surface area contributed by atoms with Gasteiger partial charge < -0.3 is 10.2 Å². The summed E-state index contributed by atoms with van der Waals surface area (Å²) in [6, 6.07) is 3.65. The number of carbonyl (C=O) groups is 1. The molecule has 1 aromatic carbocycles. The second kappa shape index (κ2) is 6.11. The summed E-state index contributed by atoms with van der Waals surface area (Å²) in [6.07, 6.45) is 0. The van der Waals surface area contributed by atoms with Crippen molar-refractivity contribution in [1.82, 2.24) is 10.2 Å². The van der Waals surface area contributed by atoms with Gasteiger partial charge >= 0.3 is 0 Å². The molecule has 6 heteroatoms. The maximum atomic E-state index is 13.5. The molecule has 2 rings (SSSR count). The number of hydrogen-bond donors (Lipinski definition) is 1. The van der Waals surface area contributed by atoms with Crippen LogP contribution < -0.4 is 5.32 Å². The van der Waals surface area contributed by atoms with Crippen LogP contribution in [0, 0.1) is 11.6 Å². The van der Waals surface area contributed by atoms with E-state index in [0.717, 1.165) is 6.07 Å². The highest BCUT2D eigenvalue weighted by Crippen LogP contribution is 2.16. The van der Waals surface area contributed by atoms with Crippen molar-refractivity contribution < 1.29 is 13.6 Å². The summed E-state index contributed by atoms with van der Waals surface area (Å²) < 4.78 is 26.5. The molecule has 1 atom stereocenters. The minimum Gasteiger partial charge on any atom is -0.333 e. The number of nitrogens with zero attached hydrogens (tertiary/aromatic N) is 1. The summed E-state index contributed by atoms with van der Waals surface area (Å²) in [5.74, 6) is -2.50. The zero-order valence-corrected chi connectivity index (χ0v) is 10.8. The van der Waals surface area contributed by atoms with Crippen LogP contribution in [0.25, 0.3) is 0 Å². The van der Waals surface area contributed by atoms with Crippen LogP contribution >= 0.6 is 12.4 Å². The summed E-state index contributed by atoms with van der Waals surface area (Å²) in [6.45, 7) is 3.73. The van der Waals surface area contributed by atoms with Gasteiger partial charge in [-0.1, -0.05) is 6.07 Å². The van der Waals surface area contributed by atoms with Gasteiger partial charge in [-0.3, -0.25) is 4.79 Å². The fraction of sp³-hybridized carbons (Fsp3) is 0.417. The second-order valence-electron chi connectivity index (χ2n) is 4.15. The third-order valence-corrected chi connectivity index (χ3v) is 2.94. The van der Waals surface area contributed by atoms with Crippen molar-refractivity contribution in [3.63, 3.8) is 0 Å². The lowest BCUT2D eigenvalue weighted by atomic mass is 10.1. The Morgan fingerprint density at radius 1 is 1.44 bits per heavy atom. The zero-order chi connectivity index (χ0) is 12.4. The first kappa shape index (κ1) is 14.9. The van der Waals surface area contributed by atoms with E-state index in [2.05, 4.69) is 5.32 Å². The summed E-state index contributed by atoms with van der Waals surface area (Å²) in [5.41, 5.74) is -0.196. The van der Waals surface area contributed by atoms with E-state index in [0.29, 0.717) is 19.6 Å². The summed E-state index contributed by atoms with van der Waals surface area (Å²) in [5, 5.41) is 3.14. The number of amides is 1. The molecule has 100 valence electrons. The van der Waals surface area contributed by atoms with Gasteiger partial charge in [-0.2, -0.15) is 0 Å². The molecular weight excluding hydrogens is 262 g/mol. The summed E-state index contributed by atoms with van der Waals surface area (Å²) >= 11 is 0. The molecule has 1 heterocycles. The Hall–Kier alpha value is -1.20. The Labute approximate surface area is 111 Å². The largest absolute Gasteiger partial charge is 0.333 e. The third-order valence-electron chi connectivity index (χ3n) is 2.94. The van der Waals surface area contributed by atoms with Gasteiger partial charge in [0.15, 0.2) is 11.6 Å². The Morgan fingerprint density at radius 3 is 2.83 bits per heavy atom. The predicted octanol–water partition coefficient (Wildman–Crippen LogP) is 1.82.